The van der Waals surface area contributed by atoms with Crippen LogP contribution in [0.1, 0.15) is 19.4 Å². The lowest BCUT2D eigenvalue weighted by atomic mass is 10.0. The van der Waals surface area contributed by atoms with Crippen LogP contribution >= 0.6 is 0 Å². The third kappa shape index (κ3) is 11.0. The number of carbonyl (C=O) groups is 1. The van der Waals surface area contributed by atoms with E-state index < -0.39 is 21.9 Å². The van der Waals surface area contributed by atoms with E-state index in [2.05, 4.69) is 34.3 Å². The van der Waals surface area contributed by atoms with Gasteiger partial charge in [-0.15, -0.1) is 0 Å². The number of fused-ring (bicyclic) bond motifs is 1. The Bertz CT molecular complexity index is 1560. The number of para-hydroxylation sites is 1. The van der Waals surface area contributed by atoms with Gasteiger partial charge in [-0.25, -0.2) is 17.6 Å². The number of amides is 2. The van der Waals surface area contributed by atoms with Gasteiger partial charge in [0.25, 0.3) is 0 Å². The number of rotatable bonds is 9. The van der Waals surface area contributed by atoms with Crippen LogP contribution in [0.2, 0.25) is 0 Å². The minimum atomic E-state index is -3.88. The Hall–Kier alpha value is -3.59. The summed E-state index contributed by atoms with van der Waals surface area (Å²) in [6.07, 6.45) is -0.462. The predicted octanol–water partition coefficient (Wildman–Crippen LogP) is 4.97. The molecule has 0 unspecified atom stereocenters. The van der Waals surface area contributed by atoms with E-state index >= 15 is 0 Å². The minimum absolute atomic E-state index is 0.0166. The van der Waals surface area contributed by atoms with E-state index in [1.54, 1.807) is 0 Å². The topological polar surface area (TPSA) is 113 Å². The number of carbonyl (C=O) groups excluding carboxylic acids is 1. The summed E-state index contributed by atoms with van der Waals surface area (Å²) in [5, 5.41) is 5.78. The predicted molar refractivity (Wildman–Crippen MR) is 185 cm³/mol. The molecule has 0 saturated heterocycles. The van der Waals surface area contributed by atoms with Gasteiger partial charge in [-0.2, -0.15) is 4.31 Å². The summed E-state index contributed by atoms with van der Waals surface area (Å²) in [5.41, 5.74) is 2.18. The summed E-state index contributed by atoms with van der Waals surface area (Å²) in [5.74, 6) is 0.0832. The monoisotopic (exact) mass is 685 g/mol. The molecule has 4 rings (SSSR count). The number of ether oxygens (including phenoxy) is 3. The summed E-state index contributed by atoms with van der Waals surface area (Å²) in [7, 11) is 1.68. The summed E-state index contributed by atoms with van der Waals surface area (Å²) in [6, 6.07) is 19.4. The molecular formula is C35H48FN5O6S. The standard InChI is InChI=1S/C35H48FN5O6S/c1-26-22-41(27(2)23-39(3)4)24-28-21-31(38-35(42)37-30-9-7-6-8-10-30)13-16-33(28)46-19-17-45-18-20-47-34(26)25-40(5)48(43,44)32-14-11-29(36)12-15-32/h6-16,21,26-27,34H,17-20,22-25H2,1-5H3,(H2,37,38,42)/t26-,27+,34+/m1/s1. The molecule has 13 heteroatoms. The number of anilines is 2. The molecular weight excluding hydrogens is 637 g/mol. The number of sulfonamides is 1. The minimum Gasteiger partial charge on any atom is -0.491 e. The van der Waals surface area contributed by atoms with Gasteiger partial charge in [0, 0.05) is 56.2 Å². The molecule has 0 aromatic heterocycles. The molecule has 0 bridgehead atoms. The van der Waals surface area contributed by atoms with Crippen molar-refractivity contribution in [3.63, 3.8) is 0 Å². The zero-order valence-electron chi connectivity index (χ0n) is 28.4. The average Bonchev–Trinajstić information content (AvgIpc) is 3.04. The lowest BCUT2D eigenvalue weighted by molar-refractivity contribution is -0.0367. The molecule has 1 heterocycles. The number of hydrogen-bond donors (Lipinski definition) is 2. The molecule has 3 aromatic rings. The van der Waals surface area contributed by atoms with E-state index in [0.717, 1.165) is 24.2 Å². The van der Waals surface area contributed by atoms with Crippen molar-refractivity contribution in [2.75, 3.05) is 77.8 Å². The SMILES string of the molecule is C[C@@H]1CN([C@@H](C)CN(C)C)Cc2cc(NC(=O)Nc3ccccc3)ccc2OCCOCCO[C@H]1CN(C)S(=O)(=O)c1ccc(F)cc1. The second-order valence-corrected chi connectivity index (χ2v) is 14.4. The maximum Gasteiger partial charge on any atom is 0.323 e. The highest BCUT2D eigenvalue weighted by Crippen LogP contribution is 2.27. The van der Waals surface area contributed by atoms with E-state index in [1.165, 1.54) is 23.5 Å². The number of hydrogen-bond acceptors (Lipinski definition) is 8. The molecule has 0 radical (unpaired) electrons. The van der Waals surface area contributed by atoms with Crippen LogP contribution in [0.3, 0.4) is 0 Å². The summed E-state index contributed by atoms with van der Waals surface area (Å²) >= 11 is 0. The lowest BCUT2D eigenvalue weighted by Crippen LogP contribution is -2.46. The molecule has 1 aliphatic heterocycles. The molecule has 11 nitrogen and oxygen atoms in total. The van der Waals surface area contributed by atoms with E-state index in [9.17, 15) is 17.6 Å². The van der Waals surface area contributed by atoms with Crippen molar-refractivity contribution in [2.24, 2.45) is 5.92 Å². The Morgan fingerprint density at radius 1 is 0.958 bits per heavy atom. The number of halogens is 1. The van der Waals surface area contributed by atoms with Crippen LogP contribution in [0, 0.1) is 11.7 Å². The van der Waals surface area contributed by atoms with Gasteiger partial charge in [0.1, 0.15) is 18.2 Å². The van der Waals surface area contributed by atoms with Crippen molar-refractivity contribution in [3.8, 4) is 5.75 Å². The zero-order valence-corrected chi connectivity index (χ0v) is 29.2. The first kappa shape index (κ1) is 37.2. The highest BCUT2D eigenvalue weighted by atomic mass is 32.2. The fourth-order valence-electron chi connectivity index (χ4n) is 5.59. The van der Waals surface area contributed by atoms with Crippen LogP contribution in [-0.4, -0.2) is 108 Å². The summed E-state index contributed by atoms with van der Waals surface area (Å²) in [4.78, 5) is 17.3. The van der Waals surface area contributed by atoms with Crippen LogP contribution in [0.4, 0.5) is 20.6 Å². The van der Waals surface area contributed by atoms with Gasteiger partial charge in [-0.3, -0.25) is 4.90 Å². The third-order valence-corrected chi connectivity index (χ3v) is 9.97. The van der Waals surface area contributed by atoms with Crippen LogP contribution in [-0.2, 0) is 26.0 Å². The van der Waals surface area contributed by atoms with E-state index in [-0.39, 0.29) is 36.0 Å². The van der Waals surface area contributed by atoms with Crippen molar-refractivity contribution >= 4 is 27.4 Å². The molecule has 0 fully saturated rings. The van der Waals surface area contributed by atoms with Crippen LogP contribution in [0.25, 0.3) is 0 Å². The quantitative estimate of drug-likeness (QED) is 0.325. The van der Waals surface area contributed by atoms with Crippen molar-refractivity contribution in [3.05, 3.63) is 84.2 Å². The Morgan fingerprint density at radius 2 is 1.65 bits per heavy atom. The summed E-state index contributed by atoms with van der Waals surface area (Å²) < 4.78 is 59.8. The fourth-order valence-corrected chi connectivity index (χ4v) is 6.78. The number of likely N-dealkylation sites (N-methyl/N-ethyl adjacent to an activating group) is 2. The van der Waals surface area contributed by atoms with Gasteiger partial charge >= 0.3 is 6.03 Å². The molecule has 1 aliphatic rings. The normalized spacial score (nSPS) is 19.2. The second-order valence-electron chi connectivity index (χ2n) is 12.4. The molecule has 3 atom stereocenters. The highest BCUT2D eigenvalue weighted by Gasteiger charge is 2.30. The third-order valence-electron chi connectivity index (χ3n) is 8.14. The van der Waals surface area contributed by atoms with Crippen LogP contribution in [0.5, 0.6) is 5.75 Å². The van der Waals surface area contributed by atoms with Crippen LogP contribution in [0.15, 0.2) is 77.7 Å². The van der Waals surface area contributed by atoms with E-state index in [0.29, 0.717) is 50.0 Å². The zero-order chi connectivity index (χ0) is 34.7. The summed E-state index contributed by atoms with van der Waals surface area (Å²) in [6.45, 7) is 7.41. The number of nitrogens with one attached hydrogen (secondary N) is 2. The van der Waals surface area contributed by atoms with E-state index in [1.807, 2.05) is 62.6 Å². The molecule has 2 N–H and O–H groups in total. The van der Waals surface area contributed by atoms with Gasteiger partial charge in [0.2, 0.25) is 10.0 Å². The highest BCUT2D eigenvalue weighted by molar-refractivity contribution is 7.89. The molecule has 0 saturated carbocycles. The first-order valence-electron chi connectivity index (χ1n) is 16.1. The van der Waals surface area contributed by atoms with Crippen molar-refractivity contribution < 1.29 is 31.8 Å². The Kier molecular flexibility index (Phi) is 13.7. The number of benzene rings is 3. The van der Waals surface area contributed by atoms with Gasteiger partial charge in [-0.05, 0) is 81.5 Å². The van der Waals surface area contributed by atoms with Crippen molar-refractivity contribution in [1.82, 2.24) is 14.1 Å². The first-order chi connectivity index (χ1) is 22.9. The molecule has 0 aliphatic carbocycles. The number of nitrogens with zero attached hydrogens (tertiary/aromatic N) is 3. The largest absolute Gasteiger partial charge is 0.491 e. The van der Waals surface area contributed by atoms with Gasteiger partial charge in [-0.1, -0.05) is 25.1 Å². The Labute approximate surface area is 284 Å². The average molecular weight is 686 g/mol. The molecule has 262 valence electrons. The Morgan fingerprint density at radius 3 is 2.35 bits per heavy atom. The molecule has 3 aromatic carbocycles. The van der Waals surface area contributed by atoms with Crippen molar-refractivity contribution in [1.29, 1.82) is 0 Å². The maximum absolute atomic E-state index is 13.5. The fraction of sp³-hybridized carbons (Fsp3) is 0.457. The first-order valence-corrected chi connectivity index (χ1v) is 17.5. The smallest absolute Gasteiger partial charge is 0.323 e. The Balaban J connectivity index is 1.58. The van der Waals surface area contributed by atoms with Crippen molar-refractivity contribution in [2.45, 2.75) is 37.4 Å². The lowest BCUT2D eigenvalue weighted by Gasteiger charge is -2.36. The molecule has 0 spiro atoms. The second kappa shape index (κ2) is 17.7. The van der Waals surface area contributed by atoms with Gasteiger partial charge in [0.15, 0.2) is 0 Å². The van der Waals surface area contributed by atoms with Gasteiger partial charge < -0.3 is 29.7 Å². The molecule has 2 amide bonds. The van der Waals surface area contributed by atoms with E-state index in [4.69, 9.17) is 14.2 Å². The van der Waals surface area contributed by atoms with Crippen LogP contribution < -0.4 is 15.4 Å². The molecule has 48 heavy (non-hydrogen) atoms. The van der Waals surface area contributed by atoms with Gasteiger partial charge in [0.05, 0.1) is 30.8 Å². The maximum atomic E-state index is 13.5. The number of urea groups is 1.